The van der Waals surface area contributed by atoms with Crippen molar-refractivity contribution in [2.45, 2.75) is 0 Å². The maximum absolute atomic E-state index is 11.8. The van der Waals surface area contributed by atoms with E-state index in [0.717, 1.165) is 0 Å². The van der Waals surface area contributed by atoms with E-state index < -0.39 is 0 Å². The zero-order valence-electron chi connectivity index (χ0n) is 8.65. The van der Waals surface area contributed by atoms with E-state index in [1.807, 2.05) is 0 Å². The molecular weight excluding hydrogens is 259 g/mol. The molecule has 0 aliphatic carbocycles. The maximum Gasteiger partial charge on any atom is 0.256 e. The molecule has 0 bridgehead atoms. The summed E-state index contributed by atoms with van der Waals surface area (Å²) in [5, 5.41) is 3.56. The molecule has 1 amide bonds. The normalized spacial score (nSPS) is 10.0. The number of aromatic nitrogens is 1. The first-order chi connectivity index (χ1) is 8.15. The predicted octanol–water partition coefficient (Wildman–Crippen LogP) is 3.64. The van der Waals surface area contributed by atoms with Gasteiger partial charge in [-0.15, -0.1) is 0 Å². The van der Waals surface area contributed by atoms with Crippen LogP contribution in [0.4, 0.5) is 5.82 Å². The second-order valence-electron chi connectivity index (χ2n) is 3.31. The van der Waals surface area contributed by atoms with E-state index >= 15 is 0 Å². The Morgan fingerprint density at radius 1 is 1.06 bits per heavy atom. The van der Waals surface area contributed by atoms with Crippen LogP contribution in [-0.2, 0) is 0 Å². The zero-order chi connectivity index (χ0) is 12.3. The van der Waals surface area contributed by atoms with Gasteiger partial charge in [0.05, 0.1) is 0 Å². The van der Waals surface area contributed by atoms with Crippen molar-refractivity contribution >= 4 is 34.9 Å². The summed E-state index contributed by atoms with van der Waals surface area (Å²) in [6.45, 7) is 0. The number of nitrogens with one attached hydrogen (secondary N) is 1. The number of hydrogen-bond acceptors (Lipinski definition) is 2. The topological polar surface area (TPSA) is 42.0 Å². The van der Waals surface area contributed by atoms with Gasteiger partial charge in [0.1, 0.15) is 11.0 Å². The molecule has 1 N–H and O–H groups in total. The second kappa shape index (κ2) is 5.17. The largest absolute Gasteiger partial charge is 0.307 e. The van der Waals surface area contributed by atoms with Gasteiger partial charge < -0.3 is 5.32 Å². The summed E-state index contributed by atoms with van der Waals surface area (Å²) in [4.78, 5) is 15.8. The lowest BCUT2D eigenvalue weighted by Gasteiger charge is -2.04. The minimum absolute atomic E-state index is 0.253. The van der Waals surface area contributed by atoms with Crippen LogP contribution in [0, 0.1) is 0 Å². The highest BCUT2D eigenvalue weighted by Gasteiger charge is 2.06. The summed E-state index contributed by atoms with van der Waals surface area (Å²) in [7, 11) is 0. The average Bonchev–Trinajstić information content (AvgIpc) is 2.29. The van der Waals surface area contributed by atoms with E-state index in [1.54, 1.807) is 42.5 Å². The molecule has 0 radical (unpaired) electrons. The summed E-state index contributed by atoms with van der Waals surface area (Å²) in [6, 6.07) is 11.6. The fourth-order valence-electron chi connectivity index (χ4n) is 1.27. The Morgan fingerprint density at radius 2 is 1.76 bits per heavy atom. The molecule has 5 heteroatoms. The van der Waals surface area contributed by atoms with Crippen LogP contribution < -0.4 is 5.32 Å². The molecule has 0 fully saturated rings. The van der Waals surface area contributed by atoms with E-state index in [1.165, 1.54) is 0 Å². The van der Waals surface area contributed by atoms with Crippen molar-refractivity contribution in [3.63, 3.8) is 0 Å². The highest BCUT2D eigenvalue weighted by atomic mass is 35.5. The van der Waals surface area contributed by atoms with Gasteiger partial charge in [-0.05, 0) is 36.4 Å². The van der Waals surface area contributed by atoms with Crippen LogP contribution in [0.15, 0.2) is 42.5 Å². The number of rotatable bonds is 2. The second-order valence-corrected chi connectivity index (χ2v) is 4.13. The molecule has 86 valence electrons. The highest BCUT2D eigenvalue weighted by molar-refractivity contribution is 6.30. The van der Waals surface area contributed by atoms with Crippen molar-refractivity contribution in [1.82, 2.24) is 4.98 Å². The average molecular weight is 267 g/mol. The van der Waals surface area contributed by atoms with Gasteiger partial charge in [-0.1, -0.05) is 29.3 Å². The van der Waals surface area contributed by atoms with Crippen LogP contribution in [0.3, 0.4) is 0 Å². The van der Waals surface area contributed by atoms with Crippen molar-refractivity contribution in [2.24, 2.45) is 0 Å². The fraction of sp³-hybridized carbons (Fsp3) is 0. The molecule has 17 heavy (non-hydrogen) atoms. The smallest absolute Gasteiger partial charge is 0.256 e. The van der Waals surface area contributed by atoms with Gasteiger partial charge in [0.25, 0.3) is 5.91 Å². The standard InChI is InChI=1S/C12H8Cl2N2O/c13-9-6-4-8(5-7-9)12(17)16-11-3-1-2-10(14)15-11/h1-7H,(H,15,16,17). The molecular formula is C12H8Cl2N2O. The molecule has 0 saturated heterocycles. The third-order valence-corrected chi connectivity index (χ3v) is 2.53. The highest BCUT2D eigenvalue weighted by Crippen LogP contribution is 2.13. The molecule has 2 rings (SSSR count). The Hall–Kier alpha value is -1.58. The lowest BCUT2D eigenvalue weighted by atomic mass is 10.2. The first-order valence-corrected chi connectivity index (χ1v) is 5.60. The number of hydrogen-bond donors (Lipinski definition) is 1. The Morgan fingerprint density at radius 3 is 2.41 bits per heavy atom. The molecule has 0 spiro atoms. The quantitative estimate of drug-likeness (QED) is 0.844. The Balaban J connectivity index is 2.14. The van der Waals surface area contributed by atoms with Gasteiger partial charge in [-0.25, -0.2) is 4.98 Å². The summed E-state index contributed by atoms with van der Waals surface area (Å²) in [5.41, 5.74) is 0.510. The number of amides is 1. The van der Waals surface area contributed by atoms with Gasteiger partial charge in [0.2, 0.25) is 0 Å². The SMILES string of the molecule is O=C(Nc1cccc(Cl)n1)c1ccc(Cl)cc1. The summed E-state index contributed by atoms with van der Waals surface area (Å²) < 4.78 is 0. The van der Waals surface area contributed by atoms with E-state index in [-0.39, 0.29) is 5.91 Å². The number of halogens is 2. The minimum atomic E-state index is -0.253. The molecule has 2 aromatic rings. The van der Waals surface area contributed by atoms with E-state index in [0.29, 0.717) is 21.6 Å². The lowest BCUT2D eigenvalue weighted by Crippen LogP contribution is -2.12. The van der Waals surface area contributed by atoms with Gasteiger partial charge >= 0.3 is 0 Å². The molecule has 1 aromatic heterocycles. The molecule has 0 aliphatic rings. The van der Waals surface area contributed by atoms with Crippen LogP contribution in [0.25, 0.3) is 0 Å². The maximum atomic E-state index is 11.8. The van der Waals surface area contributed by atoms with Gasteiger partial charge in [0.15, 0.2) is 0 Å². The number of benzene rings is 1. The summed E-state index contributed by atoms with van der Waals surface area (Å²) >= 11 is 11.5. The summed E-state index contributed by atoms with van der Waals surface area (Å²) in [5.74, 6) is 0.161. The Labute approximate surface area is 108 Å². The molecule has 3 nitrogen and oxygen atoms in total. The van der Waals surface area contributed by atoms with Crippen LogP contribution in [0.2, 0.25) is 10.2 Å². The third-order valence-electron chi connectivity index (χ3n) is 2.06. The van der Waals surface area contributed by atoms with Gasteiger partial charge in [-0.2, -0.15) is 0 Å². The van der Waals surface area contributed by atoms with Crippen molar-refractivity contribution in [3.8, 4) is 0 Å². The van der Waals surface area contributed by atoms with Crippen molar-refractivity contribution in [3.05, 3.63) is 58.2 Å². The van der Waals surface area contributed by atoms with Crippen molar-refractivity contribution in [1.29, 1.82) is 0 Å². The van der Waals surface area contributed by atoms with E-state index in [2.05, 4.69) is 10.3 Å². The monoisotopic (exact) mass is 266 g/mol. The van der Waals surface area contributed by atoms with E-state index in [4.69, 9.17) is 23.2 Å². The third kappa shape index (κ3) is 3.19. The molecule has 0 unspecified atom stereocenters. The van der Waals surface area contributed by atoms with Gasteiger partial charge in [-0.3, -0.25) is 4.79 Å². The zero-order valence-corrected chi connectivity index (χ0v) is 10.2. The number of carbonyl (C=O) groups is 1. The number of pyridine rings is 1. The van der Waals surface area contributed by atoms with Crippen molar-refractivity contribution < 1.29 is 4.79 Å². The van der Waals surface area contributed by atoms with Crippen LogP contribution in [-0.4, -0.2) is 10.9 Å². The van der Waals surface area contributed by atoms with Crippen LogP contribution in [0.5, 0.6) is 0 Å². The minimum Gasteiger partial charge on any atom is -0.307 e. The molecule has 0 aliphatic heterocycles. The Kier molecular flexibility index (Phi) is 3.61. The fourth-order valence-corrected chi connectivity index (χ4v) is 1.56. The first-order valence-electron chi connectivity index (χ1n) is 4.84. The molecule has 1 heterocycles. The van der Waals surface area contributed by atoms with Crippen molar-refractivity contribution in [2.75, 3.05) is 5.32 Å². The molecule has 0 atom stereocenters. The van der Waals surface area contributed by atoms with Crippen LogP contribution >= 0.6 is 23.2 Å². The number of carbonyl (C=O) groups excluding carboxylic acids is 1. The predicted molar refractivity (Wildman–Crippen MR) is 68.7 cm³/mol. The van der Waals surface area contributed by atoms with Gasteiger partial charge in [0, 0.05) is 10.6 Å². The lowest BCUT2D eigenvalue weighted by molar-refractivity contribution is 0.102. The number of nitrogens with zero attached hydrogens (tertiary/aromatic N) is 1. The Bertz CT molecular complexity index is 540. The van der Waals surface area contributed by atoms with Crippen LogP contribution in [0.1, 0.15) is 10.4 Å². The summed E-state index contributed by atoms with van der Waals surface area (Å²) in [6.07, 6.45) is 0. The first kappa shape index (κ1) is 11.9. The molecule has 0 saturated carbocycles. The van der Waals surface area contributed by atoms with E-state index in [9.17, 15) is 4.79 Å². The number of anilines is 1. The molecule has 1 aromatic carbocycles.